The smallest absolute Gasteiger partial charge is 0.339 e. The molecule has 6 rings (SSSR count). The van der Waals surface area contributed by atoms with Gasteiger partial charge in [0, 0.05) is 10.8 Å². The lowest BCUT2D eigenvalue weighted by Crippen LogP contribution is -2.10. The second-order valence-corrected chi connectivity index (χ2v) is 15.1. The molecule has 6 aromatic rings. The van der Waals surface area contributed by atoms with Crippen LogP contribution in [0.2, 0.25) is 0 Å². The summed E-state index contributed by atoms with van der Waals surface area (Å²) in [4.78, 5) is 3.64. The summed E-state index contributed by atoms with van der Waals surface area (Å²) in [5.74, 6) is -0.0522. The molecule has 0 aliphatic carbocycles. The van der Waals surface area contributed by atoms with Crippen LogP contribution in [0.4, 0.5) is 0 Å². The lowest BCUT2D eigenvalue weighted by atomic mass is 10.1. The molecule has 0 aliphatic rings. The Bertz CT molecular complexity index is 2070. The van der Waals surface area contributed by atoms with E-state index in [9.17, 15) is 21.4 Å². The quantitative estimate of drug-likeness (QED) is 0.0985. The highest BCUT2D eigenvalue weighted by atomic mass is 32.2. The Kier molecular flexibility index (Phi) is 9.74. The highest BCUT2D eigenvalue weighted by molar-refractivity contribution is 7.97. The first-order chi connectivity index (χ1) is 21.5. The molecule has 0 radical (unpaired) electrons. The SMILES string of the molecule is Cc1ccc(S(=O)(=O)Oc2ccc(S(=O)(=O)[O-])c3ccccc23)cc1.Cc1ccc([S+](c2ccccc2)c2ccccc2)cc1. The van der Waals surface area contributed by atoms with Gasteiger partial charge in [-0.15, -0.1) is 0 Å². The molecule has 0 N–H and O–H groups in total. The van der Waals surface area contributed by atoms with Gasteiger partial charge in [-0.2, -0.15) is 8.42 Å². The highest BCUT2D eigenvalue weighted by Crippen LogP contribution is 2.33. The Morgan fingerprint density at radius 3 is 1.47 bits per heavy atom. The van der Waals surface area contributed by atoms with E-state index in [0.717, 1.165) is 11.6 Å². The first kappa shape index (κ1) is 32.0. The summed E-state index contributed by atoms with van der Waals surface area (Å²) in [6, 6.07) is 44.8. The van der Waals surface area contributed by atoms with E-state index in [1.54, 1.807) is 24.3 Å². The van der Waals surface area contributed by atoms with Gasteiger partial charge in [-0.1, -0.05) is 96.1 Å². The van der Waals surface area contributed by atoms with E-state index >= 15 is 0 Å². The van der Waals surface area contributed by atoms with Crippen LogP contribution in [-0.2, 0) is 31.1 Å². The zero-order chi connectivity index (χ0) is 32.0. The minimum absolute atomic E-state index is 0.0229. The van der Waals surface area contributed by atoms with Crippen LogP contribution in [0, 0.1) is 13.8 Å². The molecule has 0 saturated carbocycles. The van der Waals surface area contributed by atoms with Crippen molar-refractivity contribution >= 4 is 41.9 Å². The molecule has 0 bridgehead atoms. The Morgan fingerprint density at radius 2 is 0.956 bits per heavy atom. The fourth-order valence-corrected chi connectivity index (χ4v) is 8.31. The minimum atomic E-state index is -4.70. The first-order valence-electron chi connectivity index (χ1n) is 13.9. The second-order valence-electron chi connectivity index (χ2n) is 10.2. The van der Waals surface area contributed by atoms with E-state index in [0.29, 0.717) is 0 Å². The van der Waals surface area contributed by atoms with Gasteiger partial charge in [0.05, 0.1) is 15.8 Å². The van der Waals surface area contributed by atoms with Crippen LogP contribution in [-0.4, -0.2) is 21.4 Å². The number of benzene rings is 6. The normalized spacial score (nSPS) is 11.6. The fraction of sp³-hybridized carbons (Fsp3) is 0.0556. The highest BCUT2D eigenvalue weighted by Gasteiger charge is 2.27. The van der Waals surface area contributed by atoms with E-state index in [1.165, 1.54) is 50.6 Å². The molecule has 0 aromatic heterocycles. The molecule has 0 atom stereocenters. The molecule has 0 fully saturated rings. The van der Waals surface area contributed by atoms with Gasteiger partial charge in [-0.05, 0) is 74.5 Å². The maximum atomic E-state index is 12.4. The Labute approximate surface area is 267 Å². The standard InChI is InChI=1S/C19H17S.C17H14O6S2/c1-16-12-14-19(15-13-16)20(17-8-4-2-5-9-17)18-10-6-3-7-11-18;1-12-6-8-13(9-7-12)25(21,22)23-16-10-11-17(24(18,19)20)15-5-3-2-4-14(15)16/h2-15H,1H3;2-11H,1H3,(H,18,19,20)/q+1;/p-1. The number of aryl methyl sites for hydroxylation is 2. The van der Waals surface area contributed by atoms with Crippen LogP contribution in [0.15, 0.2) is 170 Å². The summed E-state index contributed by atoms with van der Waals surface area (Å²) in [6.07, 6.45) is 0. The van der Waals surface area contributed by atoms with Crippen molar-refractivity contribution in [2.45, 2.75) is 38.3 Å². The van der Waals surface area contributed by atoms with Gasteiger partial charge in [0.15, 0.2) is 20.4 Å². The third kappa shape index (κ3) is 7.82. The lowest BCUT2D eigenvalue weighted by Gasteiger charge is -2.14. The second kappa shape index (κ2) is 13.7. The average Bonchev–Trinajstić information content (AvgIpc) is 3.03. The topological polar surface area (TPSA) is 101 Å². The molecule has 0 heterocycles. The summed E-state index contributed by atoms with van der Waals surface area (Å²) < 4.78 is 64.2. The van der Waals surface area contributed by atoms with Crippen LogP contribution < -0.4 is 4.18 Å². The Morgan fingerprint density at radius 1 is 0.511 bits per heavy atom. The number of hydrogen-bond acceptors (Lipinski definition) is 6. The average molecular weight is 655 g/mol. The van der Waals surface area contributed by atoms with Gasteiger partial charge in [-0.25, -0.2) is 8.42 Å². The van der Waals surface area contributed by atoms with Crippen molar-refractivity contribution < 1.29 is 25.6 Å². The number of hydrogen-bond donors (Lipinski definition) is 0. The van der Waals surface area contributed by atoms with Crippen LogP contribution in [0.25, 0.3) is 10.8 Å². The molecule has 228 valence electrons. The van der Waals surface area contributed by atoms with Crippen molar-refractivity contribution in [2.75, 3.05) is 0 Å². The summed E-state index contributed by atoms with van der Waals surface area (Å²) >= 11 is 0. The molecule has 45 heavy (non-hydrogen) atoms. The zero-order valence-corrected chi connectivity index (χ0v) is 27.0. The third-order valence-electron chi connectivity index (χ3n) is 6.84. The van der Waals surface area contributed by atoms with Crippen molar-refractivity contribution in [3.05, 3.63) is 157 Å². The summed E-state index contributed by atoms with van der Waals surface area (Å²) in [5, 5.41) is 0.323. The molecular formula is C36H30O6S3. The van der Waals surface area contributed by atoms with Crippen molar-refractivity contribution in [3.63, 3.8) is 0 Å². The third-order valence-corrected chi connectivity index (χ3v) is 11.2. The Balaban J connectivity index is 0.000000182. The lowest BCUT2D eigenvalue weighted by molar-refractivity contribution is 0.464. The minimum Gasteiger partial charge on any atom is -0.744 e. The molecule has 0 amide bonds. The van der Waals surface area contributed by atoms with E-state index in [-0.39, 0.29) is 32.3 Å². The van der Waals surface area contributed by atoms with Crippen molar-refractivity contribution in [1.82, 2.24) is 0 Å². The molecule has 0 aliphatic heterocycles. The van der Waals surface area contributed by atoms with Crippen LogP contribution in [0.3, 0.4) is 0 Å². The summed E-state index contributed by atoms with van der Waals surface area (Å²) in [7, 11) is -8.82. The predicted octanol–water partition coefficient (Wildman–Crippen LogP) is 7.91. The van der Waals surface area contributed by atoms with Gasteiger partial charge < -0.3 is 8.74 Å². The van der Waals surface area contributed by atoms with Crippen LogP contribution in [0.5, 0.6) is 5.75 Å². The maximum Gasteiger partial charge on any atom is 0.339 e. The van der Waals surface area contributed by atoms with E-state index in [4.69, 9.17) is 4.18 Å². The van der Waals surface area contributed by atoms with E-state index in [1.807, 2.05) is 6.92 Å². The molecule has 9 heteroatoms. The number of rotatable bonds is 7. The predicted molar refractivity (Wildman–Crippen MR) is 177 cm³/mol. The first-order valence-corrected chi connectivity index (χ1v) is 18.0. The monoisotopic (exact) mass is 654 g/mol. The van der Waals surface area contributed by atoms with Crippen LogP contribution in [0.1, 0.15) is 11.1 Å². The van der Waals surface area contributed by atoms with Crippen molar-refractivity contribution in [3.8, 4) is 5.75 Å². The largest absolute Gasteiger partial charge is 0.744 e. The van der Waals surface area contributed by atoms with Crippen molar-refractivity contribution in [1.29, 1.82) is 0 Å². The molecule has 0 saturated heterocycles. The van der Waals surface area contributed by atoms with Gasteiger partial charge >= 0.3 is 10.1 Å². The van der Waals surface area contributed by atoms with Crippen LogP contribution >= 0.6 is 0 Å². The molecule has 6 aromatic carbocycles. The zero-order valence-electron chi connectivity index (χ0n) is 24.5. The fourth-order valence-electron chi connectivity index (χ4n) is 4.60. The summed E-state index contributed by atoms with van der Waals surface area (Å²) in [6.45, 7) is 3.96. The van der Waals surface area contributed by atoms with Crippen molar-refractivity contribution in [2.24, 2.45) is 0 Å². The summed E-state index contributed by atoms with van der Waals surface area (Å²) in [5.41, 5.74) is 2.20. The van der Waals surface area contributed by atoms with Gasteiger partial charge in [0.25, 0.3) is 0 Å². The van der Waals surface area contributed by atoms with E-state index in [2.05, 4.69) is 91.9 Å². The van der Waals surface area contributed by atoms with Gasteiger partial charge in [0.1, 0.15) is 15.0 Å². The molecule has 0 unspecified atom stereocenters. The van der Waals surface area contributed by atoms with E-state index < -0.39 is 25.1 Å². The molecule has 6 nitrogen and oxygen atoms in total. The molecular weight excluding hydrogens is 625 g/mol. The molecule has 0 spiro atoms. The Hall–Kier alpha value is -4.41. The van der Waals surface area contributed by atoms with Gasteiger partial charge in [-0.3, -0.25) is 0 Å². The number of fused-ring (bicyclic) bond motifs is 1. The van der Waals surface area contributed by atoms with Gasteiger partial charge in [0.2, 0.25) is 0 Å². The maximum absolute atomic E-state index is 12.4.